The molecule has 1 aromatic heterocycles. The van der Waals surface area contributed by atoms with E-state index in [4.69, 9.17) is 26.4 Å². The number of amides is 1. The summed E-state index contributed by atoms with van der Waals surface area (Å²) < 4.78 is 11.8. The largest absolute Gasteiger partial charge is 0.483 e. The van der Waals surface area contributed by atoms with Crippen LogP contribution in [0.15, 0.2) is 65.1 Å². The highest BCUT2D eigenvalue weighted by atomic mass is 32.1. The van der Waals surface area contributed by atoms with Crippen LogP contribution < -0.4 is 15.4 Å². The summed E-state index contributed by atoms with van der Waals surface area (Å²) in [6.45, 7) is 10.4. The van der Waals surface area contributed by atoms with E-state index in [2.05, 4.69) is 50.5 Å². The lowest BCUT2D eigenvalue weighted by atomic mass is 9.98. The summed E-state index contributed by atoms with van der Waals surface area (Å²) in [6.07, 6.45) is 1.07. The molecule has 1 amide bonds. The number of rotatable bonds is 8. The fraction of sp³-hybridized carbons (Fsp3) is 0.300. The van der Waals surface area contributed by atoms with Crippen LogP contribution in [-0.4, -0.2) is 22.6 Å². The van der Waals surface area contributed by atoms with Crippen molar-refractivity contribution < 1.29 is 13.9 Å². The standard InChI is InChI=1S/C30H33N3O3S/c1-6-20(5)21-11-13-26-25(16-21)32-29(36-26)22-8-7-9-23(15-22)31-30(37)33-28(34)17-35-27-14-19(4)10-12-24(27)18(2)3/h7-16,18,20H,6,17H2,1-5H3,(H2,31,33,34,37)/t20-/m0/s1. The molecular formula is C30H33N3O3S. The Morgan fingerprint density at radius 3 is 2.65 bits per heavy atom. The Kier molecular flexibility index (Phi) is 8.24. The number of benzene rings is 3. The molecule has 0 bridgehead atoms. The Labute approximate surface area is 223 Å². The van der Waals surface area contributed by atoms with Gasteiger partial charge < -0.3 is 14.5 Å². The Bertz CT molecular complexity index is 1430. The summed E-state index contributed by atoms with van der Waals surface area (Å²) in [5.41, 5.74) is 6.49. The van der Waals surface area contributed by atoms with Gasteiger partial charge in [-0.1, -0.05) is 52.0 Å². The van der Waals surface area contributed by atoms with Gasteiger partial charge in [0.05, 0.1) is 0 Å². The molecule has 0 saturated heterocycles. The number of nitrogens with zero attached hydrogens (tertiary/aromatic N) is 1. The second-order valence-electron chi connectivity index (χ2n) is 9.62. The minimum absolute atomic E-state index is 0.132. The third kappa shape index (κ3) is 6.54. The van der Waals surface area contributed by atoms with Crippen LogP contribution in [0.2, 0.25) is 0 Å². The van der Waals surface area contributed by atoms with Crippen LogP contribution in [0.4, 0.5) is 5.69 Å². The van der Waals surface area contributed by atoms with Crippen molar-refractivity contribution in [3.05, 3.63) is 77.4 Å². The lowest BCUT2D eigenvalue weighted by Gasteiger charge is -2.15. The van der Waals surface area contributed by atoms with Crippen LogP contribution in [0.3, 0.4) is 0 Å². The normalized spacial score (nSPS) is 11.9. The number of anilines is 1. The smallest absolute Gasteiger partial charge is 0.264 e. The fourth-order valence-corrected chi connectivity index (χ4v) is 4.28. The minimum atomic E-state index is -0.332. The van der Waals surface area contributed by atoms with E-state index < -0.39 is 0 Å². The van der Waals surface area contributed by atoms with E-state index in [1.807, 2.05) is 55.5 Å². The maximum absolute atomic E-state index is 12.5. The molecule has 0 aliphatic carbocycles. The number of hydrogen-bond donors (Lipinski definition) is 2. The van der Waals surface area contributed by atoms with E-state index >= 15 is 0 Å². The van der Waals surface area contributed by atoms with Crippen molar-refractivity contribution in [2.24, 2.45) is 0 Å². The van der Waals surface area contributed by atoms with E-state index in [1.165, 1.54) is 5.56 Å². The molecule has 37 heavy (non-hydrogen) atoms. The van der Waals surface area contributed by atoms with Crippen molar-refractivity contribution in [3.63, 3.8) is 0 Å². The number of aryl methyl sites for hydroxylation is 1. The maximum atomic E-state index is 12.5. The number of nitrogens with one attached hydrogen (secondary N) is 2. The maximum Gasteiger partial charge on any atom is 0.264 e. The lowest BCUT2D eigenvalue weighted by Crippen LogP contribution is -2.37. The van der Waals surface area contributed by atoms with Crippen molar-refractivity contribution in [2.75, 3.05) is 11.9 Å². The number of ether oxygens (including phenoxy) is 1. The first kappa shape index (κ1) is 26.4. The Morgan fingerprint density at radius 1 is 1.08 bits per heavy atom. The molecule has 4 aromatic rings. The first-order chi connectivity index (χ1) is 17.7. The van der Waals surface area contributed by atoms with Gasteiger partial charge in [-0.25, -0.2) is 4.98 Å². The number of carbonyl (C=O) groups is 1. The summed E-state index contributed by atoms with van der Waals surface area (Å²) in [6, 6.07) is 19.7. The third-order valence-electron chi connectivity index (χ3n) is 6.36. The van der Waals surface area contributed by atoms with Gasteiger partial charge in [-0.05, 0) is 90.5 Å². The van der Waals surface area contributed by atoms with Crippen molar-refractivity contribution in [2.45, 2.75) is 52.9 Å². The predicted molar refractivity (Wildman–Crippen MR) is 153 cm³/mol. The number of thiocarbonyl (C=S) groups is 1. The molecule has 1 atom stereocenters. The average molecular weight is 516 g/mol. The Morgan fingerprint density at radius 2 is 1.89 bits per heavy atom. The molecule has 0 aliphatic heterocycles. The van der Waals surface area contributed by atoms with Crippen LogP contribution in [-0.2, 0) is 4.79 Å². The van der Waals surface area contributed by atoms with E-state index in [1.54, 1.807) is 0 Å². The molecule has 1 heterocycles. The van der Waals surface area contributed by atoms with Crippen LogP contribution in [0.25, 0.3) is 22.6 Å². The van der Waals surface area contributed by atoms with Crippen LogP contribution >= 0.6 is 12.2 Å². The van der Waals surface area contributed by atoms with Crippen molar-refractivity contribution in [1.29, 1.82) is 0 Å². The zero-order valence-corrected chi connectivity index (χ0v) is 22.7. The van der Waals surface area contributed by atoms with Crippen LogP contribution in [0.1, 0.15) is 62.6 Å². The monoisotopic (exact) mass is 515 g/mol. The number of oxazole rings is 1. The average Bonchev–Trinajstić information content (AvgIpc) is 3.30. The quantitative estimate of drug-likeness (QED) is 0.239. The van der Waals surface area contributed by atoms with Crippen molar-refractivity contribution in [3.8, 4) is 17.2 Å². The van der Waals surface area contributed by atoms with Gasteiger partial charge >= 0.3 is 0 Å². The zero-order chi connectivity index (χ0) is 26.5. The fourth-order valence-electron chi connectivity index (χ4n) is 4.05. The molecule has 2 N–H and O–H groups in total. The van der Waals surface area contributed by atoms with E-state index in [9.17, 15) is 4.79 Å². The molecule has 4 rings (SSSR count). The van der Waals surface area contributed by atoms with E-state index in [0.29, 0.717) is 23.2 Å². The summed E-state index contributed by atoms with van der Waals surface area (Å²) in [5, 5.41) is 5.93. The summed E-state index contributed by atoms with van der Waals surface area (Å²) in [4.78, 5) is 17.2. The van der Waals surface area contributed by atoms with E-state index in [0.717, 1.165) is 34.2 Å². The molecule has 0 radical (unpaired) electrons. The molecule has 0 spiro atoms. The van der Waals surface area contributed by atoms with Crippen molar-refractivity contribution >= 4 is 40.0 Å². The molecule has 0 saturated carbocycles. The van der Waals surface area contributed by atoms with Gasteiger partial charge in [-0.15, -0.1) is 0 Å². The molecule has 0 aliphatic rings. The number of carbonyl (C=O) groups excluding carboxylic acids is 1. The van der Waals surface area contributed by atoms with Gasteiger partial charge in [-0.3, -0.25) is 10.1 Å². The highest BCUT2D eigenvalue weighted by molar-refractivity contribution is 7.80. The topological polar surface area (TPSA) is 76.4 Å². The van der Waals surface area contributed by atoms with Gasteiger partial charge in [0.25, 0.3) is 5.91 Å². The molecule has 192 valence electrons. The highest BCUT2D eigenvalue weighted by Gasteiger charge is 2.13. The van der Waals surface area contributed by atoms with Gasteiger partial charge in [0.1, 0.15) is 11.3 Å². The molecule has 0 fully saturated rings. The lowest BCUT2D eigenvalue weighted by molar-refractivity contribution is -0.121. The SMILES string of the molecule is CC[C@H](C)c1ccc2oc(-c3cccc(NC(=S)NC(=O)COc4cc(C)ccc4C(C)C)c3)nc2c1. The van der Waals surface area contributed by atoms with E-state index in [-0.39, 0.29) is 23.5 Å². The predicted octanol–water partition coefficient (Wildman–Crippen LogP) is 7.33. The van der Waals surface area contributed by atoms with Gasteiger partial charge in [0.2, 0.25) is 5.89 Å². The van der Waals surface area contributed by atoms with Crippen LogP contribution in [0, 0.1) is 6.92 Å². The third-order valence-corrected chi connectivity index (χ3v) is 6.57. The summed E-state index contributed by atoms with van der Waals surface area (Å²) in [7, 11) is 0. The Balaban J connectivity index is 1.39. The van der Waals surface area contributed by atoms with Gasteiger partial charge in [0, 0.05) is 11.3 Å². The zero-order valence-electron chi connectivity index (χ0n) is 21.9. The minimum Gasteiger partial charge on any atom is -0.483 e. The Hall–Kier alpha value is -3.71. The molecule has 0 unspecified atom stereocenters. The summed E-state index contributed by atoms with van der Waals surface area (Å²) in [5.74, 6) is 1.67. The number of hydrogen-bond acceptors (Lipinski definition) is 5. The van der Waals surface area contributed by atoms with Crippen molar-refractivity contribution in [1.82, 2.24) is 10.3 Å². The molecule has 6 nitrogen and oxygen atoms in total. The first-order valence-corrected chi connectivity index (χ1v) is 13.0. The van der Waals surface area contributed by atoms with Gasteiger partial charge in [0.15, 0.2) is 17.3 Å². The van der Waals surface area contributed by atoms with Crippen LogP contribution in [0.5, 0.6) is 5.75 Å². The molecule has 3 aromatic carbocycles. The number of fused-ring (bicyclic) bond motifs is 1. The first-order valence-electron chi connectivity index (χ1n) is 12.6. The molecule has 7 heteroatoms. The summed E-state index contributed by atoms with van der Waals surface area (Å²) >= 11 is 5.36. The highest BCUT2D eigenvalue weighted by Crippen LogP contribution is 2.29. The number of aromatic nitrogens is 1. The second-order valence-corrected chi connectivity index (χ2v) is 10.0. The van der Waals surface area contributed by atoms with Gasteiger partial charge in [-0.2, -0.15) is 0 Å². The molecular weight excluding hydrogens is 482 g/mol. The second kappa shape index (κ2) is 11.6.